The third kappa shape index (κ3) is 12.0. The molecule has 0 nitrogen and oxygen atoms in total. The Morgan fingerprint density at radius 2 is 0.722 bits per heavy atom. The molecule has 0 heterocycles. The molecule has 0 atom stereocenters. The van der Waals surface area contributed by atoms with E-state index in [1.807, 2.05) is 12.1 Å². The van der Waals surface area contributed by atoms with Gasteiger partial charge in [0.2, 0.25) is 0 Å². The van der Waals surface area contributed by atoms with Gasteiger partial charge < -0.3 is 24.8 Å². The summed E-state index contributed by atoms with van der Waals surface area (Å²) in [5.41, 5.74) is 14.0. The van der Waals surface area contributed by atoms with E-state index >= 15 is 0 Å². The normalized spacial score (nSPS) is 14.6. The van der Waals surface area contributed by atoms with Crippen molar-refractivity contribution in [2.75, 3.05) is 0 Å². The van der Waals surface area contributed by atoms with E-state index < -0.39 is 0 Å². The summed E-state index contributed by atoms with van der Waals surface area (Å²) in [6.07, 6.45) is 6.87. The van der Waals surface area contributed by atoms with E-state index in [9.17, 15) is 0 Å². The molecule has 0 radical (unpaired) electrons. The average Bonchev–Trinajstić information content (AvgIpc) is 3.84. The van der Waals surface area contributed by atoms with Gasteiger partial charge in [0.15, 0.2) is 0 Å². The molecule has 2 aliphatic carbocycles. The molecule has 0 saturated carbocycles. The van der Waals surface area contributed by atoms with Gasteiger partial charge in [0.25, 0.3) is 0 Å². The number of hydrogen-bond acceptors (Lipinski definition) is 0. The molecule has 0 bridgehead atoms. The van der Waals surface area contributed by atoms with Gasteiger partial charge >= 0.3 is 43.4 Å². The Kier molecular flexibility index (Phi) is 19.4. The van der Waals surface area contributed by atoms with Gasteiger partial charge in [-0.15, -0.1) is 82.9 Å². The van der Waals surface area contributed by atoms with Crippen LogP contribution in [0.1, 0.15) is 69.2 Å². The van der Waals surface area contributed by atoms with Gasteiger partial charge in [-0.3, -0.25) is 12.2 Å². The number of benzene rings is 4. The molecule has 0 spiro atoms. The second-order valence-corrected chi connectivity index (χ2v) is 14.7. The fourth-order valence-electron chi connectivity index (χ4n) is 6.71. The van der Waals surface area contributed by atoms with E-state index in [4.69, 9.17) is 0 Å². The van der Waals surface area contributed by atoms with Crippen molar-refractivity contribution in [1.82, 2.24) is 0 Å². The van der Waals surface area contributed by atoms with Crippen molar-refractivity contribution in [3.05, 3.63) is 179 Å². The van der Waals surface area contributed by atoms with Crippen LogP contribution < -0.4 is 24.8 Å². The second-order valence-electron chi connectivity index (χ2n) is 14.7. The Bertz CT molecular complexity index is 1980. The summed E-state index contributed by atoms with van der Waals surface area (Å²) in [4.78, 5) is 0. The van der Waals surface area contributed by atoms with Crippen molar-refractivity contribution in [1.29, 1.82) is 0 Å². The summed E-state index contributed by atoms with van der Waals surface area (Å²) < 4.78 is 0. The van der Waals surface area contributed by atoms with Crippen LogP contribution in [0.5, 0.6) is 0 Å². The summed E-state index contributed by atoms with van der Waals surface area (Å²) >= 11 is 0. The molecule has 6 aromatic carbocycles. The average molecular weight is 820 g/mol. The van der Waals surface area contributed by atoms with Crippen LogP contribution in [-0.4, -0.2) is 0 Å². The van der Waals surface area contributed by atoms with Gasteiger partial charge in [-0.05, 0) is 0 Å². The molecule has 0 amide bonds. The number of halogens is 2. The van der Waals surface area contributed by atoms with Crippen LogP contribution in [0.4, 0.5) is 0 Å². The number of hydrogen-bond donors (Lipinski definition) is 0. The summed E-state index contributed by atoms with van der Waals surface area (Å²) in [6.45, 7) is 21.8. The second kappa shape index (κ2) is 21.4. The Morgan fingerprint density at radius 3 is 0.963 bits per heavy atom. The molecule has 2 aliphatic rings. The van der Waals surface area contributed by atoms with Crippen LogP contribution >= 0.6 is 0 Å². The zero-order valence-electron chi connectivity index (χ0n) is 33.5. The fourth-order valence-corrected chi connectivity index (χ4v) is 6.71. The van der Waals surface area contributed by atoms with Gasteiger partial charge in [-0.1, -0.05) is 174 Å². The van der Waals surface area contributed by atoms with Crippen molar-refractivity contribution in [2.24, 2.45) is 10.8 Å². The first-order chi connectivity index (χ1) is 23.8. The Balaban J connectivity index is 0.000000358. The molecular weight excluding hydrogens is 767 g/mol. The zero-order chi connectivity index (χ0) is 36.1. The van der Waals surface area contributed by atoms with Crippen molar-refractivity contribution in [3.63, 3.8) is 0 Å². The molecule has 6 aromatic rings. The Hall–Kier alpha value is -2.93. The molecule has 0 unspecified atom stereocenters. The monoisotopic (exact) mass is 818 g/mol. The predicted molar refractivity (Wildman–Crippen MR) is 219 cm³/mol. The molecule has 0 fully saturated rings. The minimum absolute atomic E-state index is 0. The minimum Gasteiger partial charge on any atom is -1.00 e. The van der Waals surface area contributed by atoms with Crippen molar-refractivity contribution in [2.45, 2.75) is 69.2 Å². The van der Waals surface area contributed by atoms with Crippen LogP contribution in [0.3, 0.4) is 0 Å². The van der Waals surface area contributed by atoms with Crippen molar-refractivity contribution < 1.29 is 68.2 Å². The van der Waals surface area contributed by atoms with E-state index in [0.29, 0.717) is 0 Å². The SMILES string of the molecule is CC1=[C-]C(C)(C)C(C)=C1C.CC1=[C-]C(C)(C)C(C)=C1C.[Cl-].[Cl-].[Ti+2].[Ti+2].c1ccc(-c2cc3ccccc3[cH-]2)cc1.c1ccc(-c2cc3ccccc3[cH-]2)cc1. The third-order valence-corrected chi connectivity index (χ3v) is 10.6. The molecule has 276 valence electrons. The van der Waals surface area contributed by atoms with Crippen molar-refractivity contribution >= 4 is 21.5 Å². The maximum Gasteiger partial charge on any atom is 2.00 e. The summed E-state index contributed by atoms with van der Waals surface area (Å²) in [5.74, 6) is 0. The standard InChI is InChI=1S/2C15H11.2C10H15.2ClH.2Ti/c2*1-2-6-12(7-3-1)15-10-13-8-4-5-9-14(13)11-15;2*1-7-6-10(4,5)9(3)8(7)2;;;;/h2*1-11H;2*1-5H3;2*1H;;/q4*-1;;;2*+2/p-2. The maximum absolute atomic E-state index is 3.44. The molecule has 0 aromatic heterocycles. The molecule has 0 aliphatic heterocycles. The third-order valence-electron chi connectivity index (χ3n) is 10.6. The number of fused-ring (bicyclic) bond motifs is 2. The van der Waals surface area contributed by atoms with E-state index in [1.165, 1.54) is 77.2 Å². The van der Waals surface area contributed by atoms with Gasteiger partial charge in [0, 0.05) is 0 Å². The Labute approximate surface area is 368 Å². The fraction of sp³-hybridized carbons (Fsp3) is 0.240. The minimum atomic E-state index is 0. The molecule has 0 N–H and O–H groups in total. The van der Waals surface area contributed by atoms with Crippen LogP contribution in [0.2, 0.25) is 0 Å². The summed E-state index contributed by atoms with van der Waals surface area (Å²) in [6, 6.07) is 46.9. The van der Waals surface area contributed by atoms with E-state index in [2.05, 4.69) is 203 Å². The molecular formula is C50H52Cl2Ti2-2. The smallest absolute Gasteiger partial charge is 1.00 e. The number of rotatable bonds is 2. The first kappa shape index (κ1) is 49.1. The first-order valence-corrected chi connectivity index (χ1v) is 17.8. The molecule has 8 rings (SSSR count). The summed E-state index contributed by atoms with van der Waals surface area (Å²) in [7, 11) is 0. The van der Waals surface area contributed by atoms with Crippen LogP contribution in [0.15, 0.2) is 167 Å². The molecule has 4 heteroatoms. The largest absolute Gasteiger partial charge is 2.00 e. The molecule has 54 heavy (non-hydrogen) atoms. The van der Waals surface area contributed by atoms with Gasteiger partial charge in [-0.25, -0.2) is 11.1 Å². The van der Waals surface area contributed by atoms with E-state index in [0.717, 1.165) is 0 Å². The Morgan fingerprint density at radius 1 is 0.426 bits per heavy atom. The van der Waals surface area contributed by atoms with E-state index in [1.54, 1.807) is 0 Å². The van der Waals surface area contributed by atoms with Crippen LogP contribution in [-0.2, 0) is 43.4 Å². The van der Waals surface area contributed by atoms with Crippen LogP contribution in [0, 0.1) is 23.0 Å². The predicted octanol–water partition coefficient (Wildman–Crippen LogP) is 8.68. The first-order valence-electron chi connectivity index (χ1n) is 17.8. The topological polar surface area (TPSA) is 0 Å². The van der Waals surface area contributed by atoms with E-state index in [-0.39, 0.29) is 79.1 Å². The van der Waals surface area contributed by atoms with Crippen LogP contribution in [0.25, 0.3) is 43.8 Å². The quantitative estimate of drug-likeness (QED) is 0.121. The zero-order valence-corrected chi connectivity index (χ0v) is 38.1. The van der Waals surface area contributed by atoms with Gasteiger partial charge in [-0.2, -0.15) is 22.3 Å². The maximum atomic E-state index is 3.44. The van der Waals surface area contributed by atoms with Crippen molar-refractivity contribution in [3.8, 4) is 22.3 Å². The summed E-state index contributed by atoms with van der Waals surface area (Å²) in [5, 5.41) is 5.26. The van der Waals surface area contributed by atoms with Gasteiger partial charge in [0.1, 0.15) is 0 Å². The molecule has 0 saturated heterocycles. The number of allylic oxidation sites excluding steroid dienone is 8. The van der Waals surface area contributed by atoms with Gasteiger partial charge in [0.05, 0.1) is 0 Å².